The average Bonchev–Trinajstić information content (AvgIpc) is 1.65. The van der Waals surface area contributed by atoms with E-state index in [4.69, 9.17) is 21.8 Å². The molecule has 0 heterocycles. The number of alkyl halides is 1. The predicted octanol–water partition coefficient (Wildman–Crippen LogP) is 0.482. The zero-order valence-corrected chi connectivity index (χ0v) is 5.39. The Hall–Kier alpha value is -0.0500. The summed E-state index contributed by atoms with van der Waals surface area (Å²) in [5, 5.41) is 16.5. The maximum absolute atomic E-state index is 8.27. The number of allylic oxidation sites excluding steroid dienone is 1. The molecule has 0 fully saturated rings. The summed E-state index contributed by atoms with van der Waals surface area (Å²) in [7, 11) is 0. The first-order valence-corrected chi connectivity index (χ1v) is 2.79. The summed E-state index contributed by atoms with van der Waals surface area (Å²) in [4.78, 5) is 0. The number of aliphatic hydroxyl groups excluding tert-OH is 1. The number of aliphatic hydroxyl groups is 2. The van der Waals surface area contributed by atoms with Crippen molar-refractivity contribution >= 4 is 11.6 Å². The van der Waals surface area contributed by atoms with E-state index in [0.29, 0.717) is 5.88 Å². The van der Waals surface area contributed by atoms with Crippen molar-refractivity contribution in [3.8, 4) is 0 Å². The third kappa shape index (κ3) is 4.12. The predicted molar refractivity (Wildman–Crippen MR) is 32.7 cm³/mol. The van der Waals surface area contributed by atoms with Gasteiger partial charge in [-0.3, -0.25) is 0 Å². The molecule has 0 radical (unpaired) electrons. The van der Waals surface area contributed by atoms with E-state index < -0.39 is 6.29 Å². The number of hydrogen-bond acceptors (Lipinski definition) is 2. The molecule has 0 aromatic rings. The fourth-order valence-corrected chi connectivity index (χ4v) is 0.388. The summed E-state index contributed by atoms with van der Waals surface area (Å²) in [5.74, 6) is 0.345. The molecule has 2 N–H and O–H groups in total. The molecule has 0 aliphatic carbocycles. The topological polar surface area (TPSA) is 40.5 Å². The standard InChI is InChI=1S/C5H9ClO2/c1-4(3-6)2-5(7)8/h2,5,7-8H,3H2,1H3. The Labute approximate surface area is 53.4 Å². The normalized spacial score (nSPS) is 12.9. The lowest BCUT2D eigenvalue weighted by atomic mass is 10.3. The molecule has 0 aromatic carbocycles. The van der Waals surface area contributed by atoms with Crippen LogP contribution in [-0.2, 0) is 0 Å². The zero-order chi connectivity index (χ0) is 6.57. The van der Waals surface area contributed by atoms with E-state index >= 15 is 0 Å². The Balaban J connectivity index is 3.56. The van der Waals surface area contributed by atoms with Crippen LogP contribution in [0.15, 0.2) is 11.6 Å². The van der Waals surface area contributed by atoms with Crippen molar-refractivity contribution in [1.29, 1.82) is 0 Å². The van der Waals surface area contributed by atoms with Gasteiger partial charge in [0.05, 0.1) is 0 Å². The Morgan fingerprint density at radius 3 is 2.38 bits per heavy atom. The third-order valence-electron chi connectivity index (χ3n) is 0.644. The van der Waals surface area contributed by atoms with Crippen molar-refractivity contribution in [3.63, 3.8) is 0 Å². The van der Waals surface area contributed by atoms with E-state index in [0.717, 1.165) is 5.57 Å². The van der Waals surface area contributed by atoms with Crippen molar-refractivity contribution in [2.24, 2.45) is 0 Å². The molecule has 0 unspecified atom stereocenters. The summed E-state index contributed by atoms with van der Waals surface area (Å²) in [6.45, 7) is 1.73. The molecule has 0 rings (SSSR count). The van der Waals surface area contributed by atoms with Crippen molar-refractivity contribution in [1.82, 2.24) is 0 Å². The molecule has 0 aliphatic heterocycles. The van der Waals surface area contributed by atoms with Gasteiger partial charge >= 0.3 is 0 Å². The quantitative estimate of drug-likeness (QED) is 0.329. The minimum absolute atomic E-state index is 0.345. The lowest BCUT2D eigenvalue weighted by Gasteiger charge is -1.95. The van der Waals surface area contributed by atoms with E-state index in [2.05, 4.69) is 0 Å². The minimum Gasteiger partial charge on any atom is -0.365 e. The van der Waals surface area contributed by atoms with Gasteiger partial charge in [0, 0.05) is 5.88 Å². The first-order valence-electron chi connectivity index (χ1n) is 2.26. The fraction of sp³-hybridized carbons (Fsp3) is 0.600. The van der Waals surface area contributed by atoms with Gasteiger partial charge in [-0.1, -0.05) is 5.57 Å². The van der Waals surface area contributed by atoms with E-state index in [9.17, 15) is 0 Å². The Morgan fingerprint density at radius 1 is 1.75 bits per heavy atom. The fourth-order valence-electron chi connectivity index (χ4n) is 0.299. The first-order chi connectivity index (χ1) is 3.66. The summed E-state index contributed by atoms with van der Waals surface area (Å²) in [5.41, 5.74) is 0.765. The summed E-state index contributed by atoms with van der Waals surface area (Å²) in [6, 6.07) is 0. The molecule has 0 aliphatic rings. The van der Waals surface area contributed by atoms with Gasteiger partial charge in [-0.2, -0.15) is 0 Å². The first kappa shape index (κ1) is 7.95. The van der Waals surface area contributed by atoms with E-state index in [-0.39, 0.29) is 0 Å². The second-order valence-corrected chi connectivity index (χ2v) is 1.83. The van der Waals surface area contributed by atoms with Crippen molar-refractivity contribution in [2.75, 3.05) is 5.88 Å². The largest absolute Gasteiger partial charge is 0.365 e. The highest BCUT2D eigenvalue weighted by Gasteiger charge is 1.90. The lowest BCUT2D eigenvalue weighted by molar-refractivity contribution is 0.00180. The second-order valence-electron chi connectivity index (χ2n) is 1.56. The molecule has 0 saturated heterocycles. The van der Waals surface area contributed by atoms with Gasteiger partial charge in [0.15, 0.2) is 6.29 Å². The Morgan fingerprint density at radius 2 is 2.25 bits per heavy atom. The van der Waals surface area contributed by atoms with Crippen LogP contribution in [0.1, 0.15) is 6.92 Å². The molecule has 2 nitrogen and oxygen atoms in total. The maximum atomic E-state index is 8.27. The SMILES string of the molecule is CC(=CC(O)O)CCl. The number of hydrogen-bond donors (Lipinski definition) is 2. The molecule has 48 valence electrons. The van der Waals surface area contributed by atoms with E-state index in [1.807, 2.05) is 0 Å². The van der Waals surface area contributed by atoms with Crippen LogP contribution in [0.3, 0.4) is 0 Å². The van der Waals surface area contributed by atoms with Gasteiger partial charge in [-0.25, -0.2) is 0 Å². The second kappa shape index (κ2) is 3.89. The molecule has 0 bridgehead atoms. The molecular formula is C5H9ClO2. The smallest absolute Gasteiger partial charge is 0.171 e. The highest BCUT2D eigenvalue weighted by molar-refractivity contribution is 6.19. The van der Waals surface area contributed by atoms with E-state index in [1.165, 1.54) is 6.08 Å². The van der Waals surface area contributed by atoms with Crippen LogP contribution in [0, 0.1) is 0 Å². The molecule has 3 heteroatoms. The van der Waals surface area contributed by atoms with Crippen LogP contribution in [-0.4, -0.2) is 22.4 Å². The van der Waals surface area contributed by atoms with Gasteiger partial charge in [0.25, 0.3) is 0 Å². The number of rotatable bonds is 2. The average molecular weight is 137 g/mol. The Bertz CT molecular complexity index is 88.4. The highest BCUT2D eigenvalue weighted by atomic mass is 35.5. The molecule has 0 aromatic heterocycles. The molecule has 0 amide bonds. The molecule has 8 heavy (non-hydrogen) atoms. The molecule has 0 spiro atoms. The van der Waals surface area contributed by atoms with Crippen LogP contribution >= 0.6 is 11.6 Å². The van der Waals surface area contributed by atoms with Crippen LogP contribution in [0.25, 0.3) is 0 Å². The summed E-state index contributed by atoms with van der Waals surface area (Å²) < 4.78 is 0. The highest BCUT2D eigenvalue weighted by Crippen LogP contribution is 1.95. The zero-order valence-electron chi connectivity index (χ0n) is 4.63. The van der Waals surface area contributed by atoms with Crippen LogP contribution < -0.4 is 0 Å². The number of halogens is 1. The van der Waals surface area contributed by atoms with Gasteiger partial charge < -0.3 is 10.2 Å². The van der Waals surface area contributed by atoms with Crippen LogP contribution in [0.4, 0.5) is 0 Å². The van der Waals surface area contributed by atoms with Crippen LogP contribution in [0.5, 0.6) is 0 Å². The Kier molecular flexibility index (Phi) is 3.87. The maximum Gasteiger partial charge on any atom is 0.171 e. The van der Waals surface area contributed by atoms with Gasteiger partial charge in [0.1, 0.15) is 0 Å². The van der Waals surface area contributed by atoms with Gasteiger partial charge in [-0.05, 0) is 13.0 Å². The van der Waals surface area contributed by atoms with Crippen molar-refractivity contribution < 1.29 is 10.2 Å². The molecule has 0 saturated carbocycles. The summed E-state index contributed by atoms with van der Waals surface area (Å²) >= 11 is 5.31. The van der Waals surface area contributed by atoms with Crippen molar-refractivity contribution in [2.45, 2.75) is 13.2 Å². The monoisotopic (exact) mass is 136 g/mol. The van der Waals surface area contributed by atoms with Gasteiger partial charge in [0.2, 0.25) is 0 Å². The lowest BCUT2D eigenvalue weighted by Crippen LogP contribution is -1.99. The third-order valence-corrected chi connectivity index (χ3v) is 1.07. The van der Waals surface area contributed by atoms with Gasteiger partial charge in [-0.15, -0.1) is 11.6 Å². The molecular weight excluding hydrogens is 128 g/mol. The summed E-state index contributed by atoms with van der Waals surface area (Å²) in [6.07, 6.45) is -0.0822. The van der Waals surface area contributed by atoms with E-state index in [1.54, 1.807) is 6.92 Å². The van der Waals surface area contributed by atoms with Crippen LogP contribution in [0.2, 0.25) is 0 Å². The molecule has 0 atom stereocenters. The van der Waals surface area contributed by atoms with Crippen molar-refractivity contribution in [3.05, 3.63) is 11.6 Å². The minimum atomic E-state index is -1.37.